The third-order valence-electron chi connectivity index (χ3n) is 5.46. The zero-order valence-electron chi connectivity index (χ0n) is 16.1. The van der Waals surface area contributed by atoms with E-state index in [0.29, 0.717) is 5.52 Å². The van der Waals surface area contributed by atoms with Crippen LogP contribution in [0.1, 0.15) is 62.8 Å². The van der Waals surface area contributed by atoms with E-state index in [4.69, 9.17) is 0 Å². The van der Waals surface area contributed by atoms with Gasteiger partial charge in [-0.05, 0) is 43.7 Å². The molecule has 1 fully saturated rings. The Kier molecular flexibility index (Phi) is 7.00. The fraction of sp³-hybridized carbons (Fsp3) is 0.545. The highest BCUT2D eigenvalue weighted by atomic mass is 32.1. The van der Waals surface area contributed by atoms with Gasteiger partial charge in [-0.1, -0.05) is 38.3 Å². The van der Waals surface area contributed by atoms with E-state index in [0.717, 1.165) is 61.3 Å². The predicted molar refractivity (Wildman–Crippen MR) is 111 cm³/mol. The maximum atomic E-state index is 14.2. The molecule has 2 aromatic rings. The van der Waals surface area contributed by atoms with E-state index in [2.05, 4.69) is 18.5 Å². The first kappa shape index (κ1) is 20.0. The lowest BCUT2D eigenvalue weighted by molar-refractivity contribution is -0.134. The summed E-state index contributed by atoms with van der Waals surface area (Å²) in [6.45, 7) is 7.82. The van der Waals surface area contributed by atoms with Crippen LogP contribution >= 0.6 is 11.3 Å². The van der Waals surface area contributed by atoms with Gasteiger partial charge in [0.05, 0.1) is 10.6 Å². The van der Waals surface area contributed by atoms with Crippen molar-refractivity contribution in [2.24, 2.45) is 5.92 Å². The number of thiazole rings is 1. The SMILES string of the molecule is C=C[C@H](CCCCC)[C@H](C(=O)N1CCCCC1)c1nc2c(F)cccc2s1. The van der Waals surface area contributed by atoms with E-state index in [-0.39, 0.29) is 23.6 Å². The number of aromatic nitrogens is 1. The number of benzene rings is 1. The molecule has 0 aliphatic carbocycles. The van der Waals surface area contributed by atoms with Gasteiger partial charge in [-0.15, -0.1) is 17.9 Å². The average Bonchev–Trinajstić information content (AvgIpc) is 3.13. The average molecular weight is 389 g/mol. The van der Waals surface area contributed by atoms with E-state index < -0.39 is 0 Å². The largest absolute Gasteiger partial charge is 0.342 e. The molecular formula is C22H29FN2OS. The smallest absolute Gasteiger partial charge is 0.233 e. The van der Waals surface area contributed by atoms with Crippen molar-refractivity contribution in [3.8, 4) is 0 Å². The van der Waals surface area contributed by atoms with Crippen LogP contribution in [0, 0.1) is 11.7 Å². The molecule has 0 spiro atoms. The fourth-order valence-corrected chi connectivity index (χ4v) is 5.05. The third-order valence-corrected chi connectivity index (χ3v) is 6.56. The Morgan fingerprint density at radius 3 is 2.78 bits per heavy atom. The summed E-state index contributed by atoms with van der Waals surface area (Å²) in [5.74, 6) is -0.500. The summed E-state index contributed by atoms with van der Waals surface area (Å²) in [5.41, 5.74) is 0.380. The zero-order valence-corrected chi connectivity index (χ0v) is 16.9. The number of para-hydroxylation sites is 1. The number of halogens is 1. The summed E-state index contributed by atoms with van der Waals surface area (Å²) in [6, 6.07) is 5.01. The number of hydrogen-bond acceptors (Lipinski definition) is 3. The number of rotatable bonds is 8. The van der Waals surface area contributed by atoms with Gasteiger partial charge < -0.3 is 4.90 Å². The van der Waals surface area contributed by atoms with Crippen molar-refractivity contribution in [2.45, 2.75) is 57.8 Å². The predicted octanol–water partition coefficient (Wildman–Crippen LogP) is 5.91. The van der Waals surface area contributed by atoms with Crippen molar-refractivity contribution < 1.29 is 9.18 Å². The third kappa shape index (κ3) is 4.57. The second kappa shape index (κ2) is 9.45. The minimum Gasteiger partial charge on any atom is -0.342 e. The second-order valence-electron chi connectivity index (χ2n) is 7.40. The van der Waals surface area contributed by atoms with E-state index >= 15 is 0 Å². The van der Waals surface area contributed by atoms with Gasteiger partial charge in [-0.2, -0.15) is 0 Å². The summed E-state index contributed by atoms with van der Waals surface area (Å²) >= 11 is 1.45. The Morgan fingerprint density at radius 1 is 1.33 bits per heavy atom. The lowest BCUT2D eigenvalue weighted by atomic mass is 9.86. The lowest BCUT2D eigenvalue weighted by Crippen LogP contribution is -2.40. The number of fused-ring (bicyclic) bond motifs is 1. The molecule has 2 atom stereocenters. The summed E-state index contributed by atoms with van der Waals surface area (Å²) in [5, 5.41) is 0.729. The molecule has 3 rings (SSSR count). The fourth-order valence-electron chi connectivity index (χ4n) is 3.90. The molecule has 1 saturated heterocycles. The van der Waals surface area contributed by atoms with Gasteiger partial charge in [0.2, 0.25) is 5.91 Å². The van der Waals surface area contributed by atoms with Crippen molar-refractivity contribution in [3.05, 3.63) is 41.7 Å². The van der Waals surface area contributed by atoms with E-state index in [1.54, 1.807) is 6.07 Å². The number of carbonyl (C=O) groups excluding carboxylic acids is 1. The van der Waals surface area contributed by atoms with Gasteiger partial charge >= 0.3 is 0 Å². The van der Waals surface area contributed by atoms with Crippen LogP contribution in [0.5, 0.6) is 0 Å². The molecule has 1 amide bonds. The highest BCUT2D eigenvalue weighted by molar-refractivity contribution is 7.18. The Hall–Kier alpha value is -1.75. The molecule has 27 heavy (non-hydrogen) atoms. The molecule has 0 N–H and O–H groups in total. The van der Waals surface area contributed by atoms with Crippen LogP contribution in [-0.4, -0.2) is 28.9 Å². The minimum absolute atomic E-state index is 0.0367. The molecule has 0 saturated carbocycles. The quantitative estimate of drug-likeness (QED) is 0.416. The summed E-state index contributed by atoms with van der Waals surface area (Å²) in [6.07, 6.45) is 9.47. The topological polar surface area (TPSA) is 33.2 Å². The molecule has 1 aromatic heterocycles. The first-order chi connectivity index (χ1) is 13.2. The Bertz CT molecular complexity index is 782. The molecule has 1 aromatic carbocycles. The van der Waals surface area contributed by atoms with Crippen molar-refractivity contribution in [3.63, 3.8) is 0 Å². The van der Waals surface area contributed by atoms with E-state index in [1.807, 2.05) is 17.0 Å². The zero-order chi connectivity index (χ0) is 19.2. The normalized spacial score (nSPS) is 17.0. The van der Waals surface area contributed by atoms with Gasteiger partial charge in [-0.3, -0.25) is 4.79 Å². The van der Waals surface area contributed by atoms with Crippen molar-refractivity contribution in [2.75, 3.05) is 13.1 Å². The summed E-state index contributed by atoms with van der Waals surface area (Å²) in [4.78, 5) is 20.0. The molecule has 0 unspecified atom stereocenters. The first-order valence-electron chi connectivity index (χ1n) is 10.1. The van der Waals surface area contributed by atoms with Gasteiger partial charge in [0.25, 0.3) is 0 Å². The first-order valence-corrected chi connectivity index (χ1v) is 10.9. The number of likely N-dealkylation sites (tertiary alicyclic amines) is 1. The second-order valence-corrected chi connectivity index (χ2v) is 8.46. The molecule has 3 nitrogen and oxygen atoms in total. The number of amides is 1. The number of piperidine rings is 1. The van der Waals surface area contributed by atoms with Crippen molar-refractivity contribution >= 4 is 27.5 Å². The number of unbranched alkanes of at least 4 members (excludes halogenated alkanes) is 2. The van der Waals surface area contributed by atoms with E-state index in [9.17, 15) is 9.18 Å². The maximum absolute atomic E-state index is 14.2. The molecule has 5 heteroatoms. The Labute approximate surface area is 165 Å². The molecular weight excluding hydrogens is 359 g/mol. The Balaban J connectivity index is 1.95. The summed E-state index contributed by atoms with van der Waals surface area (Å²) in [7, 11) is 0. The minimum atomic E-state index is -0.353. The lowest BCUT2D eigenvalue weighted by Gasteiger charge is -2.32. The van der Waals surface area contributed by atoms with Crippen LogP contribution in [0.2, 0.25) is 0 Å². The molecule has 2 heterocycles. The number of allylic oxidation sites excluding steroid dienone is 1. The maximum Gasteiger partial charge on any atom is 0.233 e. The monoisotopic (exact) mass is 388 g/mol. The van der Waals surface area contributed by atoms with E-state index in [1.165, 1.54) is 23.8 Å². The van der Waals surface area contributed by atoms with Gasteiger partial charge in [0.1, 0.15) is 16.3 Å². The van der Waals surface area contributed by atoms with Gasteiger partial charge in [0.15, 0.2) is 0 Å². The number of hydrogen-bond donors (Lipinski definition) is 0. The van der Waals surface area contributed by atoms with Crippen LogP contribution in [0.15, 0.2) is 30.9 Å². The van der Waals surface area contributed by atoms with Crippen molar-refractivity contribution in [1.29, 1.82) is 0 Å². The van der Waals surface area contributed by atoms with Gasteiger partial charge in [0, 0.05) is 13.1 Å². The van der Waals surface area contributed by atoms with Crippen LogP contribution in [0.25, 0.3) is 10.2 Å². The number of nitrogens with zero attached hydrogens (tertiary/aromatic N) is 2. The number of carbonyl (C=O) groups is 1. The molecule has 1 aliphatic heterocycles. The molecule has 146 valence electrons. The van der Waals surface area contributed by atoms with Crippen LogP contribution in [-0.2, 0) is 4.79 Å². The highest BCUT2D eigenvalue weighted by Crippen LogP contribution is 2.37. The molecule has 0 bridgehead atoms. The van der Waals surface area contributed by atoms with Crippen LogP contribution < -0.4 is 0 Å². The van der Waals surface area contributed by atoms with Crippen LogP contribution in [0.4, 0.5) is 4.39 Å². The standard InChI is InChI=1S/C22H29FN2OS/c1-3-5-7-11-16(4-2)19(22(26)25-14-8-6-9-15-25)21-24-20-17(23)12-10-13-18(20)27-21/h4,10,12-13,16,19H,2-3,5-9,11,14-15H2,1H3/t16-,19+/m1/s1. The van der Waals surface area contributed by atoms with Crippen LogP contribution in [0.3, 0.4) is 0 Å². The Morgan fingerprint density at radius 2 is 2.11 bits per heavy atom. The summed E-state index contributed by atoms with van der Waals surface area (Å²) < 4.78 is 15.0. The highest BCUT2D eigenvalue weighted by Gasteiger charge is 2.34. The molecule has 0 radical (unpaired) electrons. The molecule has 1 aliphatic rings. The van der Waals surface area contributed by atoms with Crippen molar-refractivity contribution in [1.82, 2.24) is 9.88 Å². The van der Waals surface area contributed by atoms with Gasteiger partial charge in [-0.25, -0.2) is 9.37 Å².